The highest BCUT2D eigenvalue weighted by atomic mass is 35.5. The third kappa shape index (κ3) is 3.16. The summed E-state index contributed by atoms with van der Waals surface area (Å²) in [7, 11) is 0. The van der Waals surface area contributed by atoms with E-state index >= 15 is 0 Å². The van der Waals surface area contributed by atoms with E-state index in [4.69, 9.17) is 11.6 Å². The molecule has 1 saturated heterocycles. The molecule has 2 aromatic carbocycles. The minimum Gasteiger partial charge on any atom is -0.545 e. The van der Waals surface area contributed by atoms with Gasteiger partial charge in [-0.05, 0) is 30.3 Å². The van der Waals surface area contributed by atoms with Gasteiger partial charge in [-0.3, -0.25) is 9.59 Å². The molecule has 24 heavy (non-hydrogen) atoms. The predicted octanol–water partition coefficient (Wildman–Crippen LogP) is 2.13. The summed E-state index contributed by atoms with van der Waals surface area (Å²) in [4.78, 5) is 37.5. The van der Waals surface area contributed by atoms with E-state index in [1.165, 1.54) is 6.07 Å². The molecule has 3 rings (SSSR count). The number of amides is 2. The lowest BCUT2D eigenvalue weighted by molar-refractivity contribution is -0.255. The molecule has 0 N–H and O–H groups in total. The Bertz CT molecular complexity index is 822. The summed E-state index contributed by atoms with van der Waals surface area (Å²) in [5, 5.41) is 11.0. The molecule has 1 fully saturated rings. The molecule has 2 amide bonds. The van der Waals surface area contributed by atoms with Gasteiger partial charge in [0, 0.05) is 21.9 Å². The minimum absolute atomic E-state index is 0.00712. The van der Waals surface area contributed by atoms with Crippen LogP contribution in [0.1, 0.15) is 16.8 Å². The number of imide groups is 1. The Morgan fingerprint density at radius 3 is 2.46 bits per heavy atom. The molecule has 122 valence electrons. The van der Waals surface area contributed by atoms with Crippen molar-refractivity contribution in [1.29, 1.82) is 0 Å². The fourth-order valence-electron chi connectivity index (χ4n) is 2.45. The number of carboxylic acid groups (broad SMARTS) is 1. The SMILES string of the molecule is O=C([O-])c1ccccc1S[C@H]1CC(=O)N(c2ccc(Cl)cc2)C1=O. The average molecular weight is 361 g/mol. The highest BCUT2D eigenvalue weighted by Gasteiger charge is 2.40. The number of carbonyl (C=O) groups excluding carboxylic acids is 3. The van der Waals surface area contributed by atoms with Crippen molar-refractivity contribution in [3.63, 3.8) is 0 Å². The van der Waals surface area contributed by atoms with E-state index in [1.807, 2.05) is 0 Å². The number of rotatable bonds is 4. The lowest BCUT2D eigenvalue weighted by Gasteiger charge is -2.16. The fraction of sp³-hybridized carbons (Fsp3) is 0.118. The third-order valence-electron chi connectivity index (χ3n) is 3.57. The van der Waals surface area contributed by atoms with E-state index in [-0.39, 0.29) is 23.8 Å². The van der Waals surface area contributed by atoms with Crippen molar-refractivity contribution in [3.05, 3.63) is 59.1 Å². The average Bonchev–Trinajstić information content (AvgIpc) is 2.83. The van der Waals surface area contributed by atoms with Crippen LogP contribution in [0.5, 0.6) is 0 Å². The number of carbonyl (C=O) groups is 3. The number of nitrogens with zero attached hydrogens (tertiary/aromatic N) is 1. The molecule has 0 saturated carbocycles. The van der Waals surface area contributed by atoms with Gasteiger partial charge in [-0.25, -0.2) is 4.90 Å². The van der Waals surface area contributed by atoms with E-state index in [0.29, 0.717) is 15.6 Å². The van der Waals surface area contributed by atoms with Crippen LogP contribution in [0.25, 0.3) is 0 Å². The molecular weight excluding hydrogens is 350 g/mol. The van der Waals surface area contributed by atoms with Crippen molar-refractivity contribution in [1.82, 2.24) is 0 Å². The fourth-order valence-corrected chi connectivity index (χ4v) is 3.75. The Morgan fingerprint density at radius 1 is 1.12 bits per heavy atom. The molecule has 0 bridgehead atoms. The normalized spacial score (nSPS) is 17.4. The highest BCUT2D eigenvalue weighted by molar-refractivity contribution is 8.00. The van der Waals surface area contributed by atoms with Gasteiger partial charge in [0.1, 0.15) is 0 Å². The second kappa shape index (κ2) is 6.67. The van der Waals surface area contributed by atoms with Crippen LogP contribution in [-0.4, -0.2) is 23.0 Å². The molecule has 0 spiro atoms. The van der Waals surface area contributed by atoms with Crippen LogP contribution in [0.4, 0.5) is 5.69 Å². The third-order valence-corrected chi connectivity index (χ3v) is 5.08. The van der Waals surface area contributed by atoms with Crippen LogP contribution in [0.2, 0.25) is 5.02 Å². The topological polar surface area (TPSA) is 77.5 Å². The van der Waals surface area contributed by atoms with Crippen LogP contribution >= 0.6 is 23.4 Å². The van der Waals surface area contributed by atoms with E-state index < -0.39 is 11.2 Å². The van der Waals surface area contributed by atoms with Gasteiger partial charge in [-0.15, -0.1) is 11.8 Å². The van der Waals surface area contributed by atoms with Crippen molar-refractivity contribution in [2.24, 2.45) is 0 Å². The van der Waals surface area contributed by atoms with Gasteiger partial charge in [0.2, 0.25) is 11.8 Å². The van der Waals surface area contributed by atoms with Crippen LogP contribution in [-0.2, 0) is 9.59 Å². The van der Waals surface area contributed by atoms with Gasteiger partial charge >= 0.3 is 0 Å². The Labute approximate surface area is 147 Å². The van der Waals surface area contributed by atoms with Gasteiger partial charge < -0.3 is 9.90 Å². The molecule has 1 aliphatic rings. The van der Waals surface area contributed by atoms with E-state index in [9.17, 15) is 19.5 Å². The second-order valence-electron chi connectivity index (χ2n) is 5.14. The van der Waals surface area contributed by atoms with Crippen molar-refractivity contribution in [2.45, 2.75) is 16.6 Å². The molecule has 2 aromatic rings. The van der Waals surface area contributed by atoms with E-state index in [1.54, 1.807) is 42.5 Å². The largest absolute Gasteiger partial charge is 0.545 e. The molecule has 0 aromatic heterocycles. The second-order valence-corrected chi connectivity index (χ2v) is 6.82. The summed E-state index contributed by atoms with van der Waals surface area (Å²) < 4.78 is 0. The van der Waals surface area contributed by atoms with Crippen LogP contribution in [0.3, 0.4) is 0 Å². The Hall–Kier alpha value is -2.31. The Balaban J connectivity index is 1.85. The minimum atomic E-state index is -1.32. The first-order valence-electron chi connectivity index (χ1n) is 7.07. The zero-order chi connectivity index (χ0) is 17.3. The molecule has 0 radical (unpaired) electrons. The summed E-state index contributed by atoms with van der Waals surface area (Å²) in [5.74, 6) is -2.02. The number of aromatic carboxylic acids is 1. The lowest BCUT2D eigenvalue weighted by Crippen LogP contribution is -2.31. The number of halogens is 1. The van der Waals surface area contributed by atoms with Crippen molar-refractivity contribution in [3.8, 4) is 0 Å². The van der Waals surface area contributed by atoms with E-state index in [2.05, 4.69) is 0 Å². The molecule has 7 heteroatoms. The number of benzene rings is 2. The van der Waals surface area contributed by atoms with Crippen molar-refractivity contribution in [2.75, 3.05) is 4.90 Å². The Kier molecular flexibility index (Phi) is 4.59. The monoisotopic (exact) mass is 360 g/mol. The molecule has 0 unspecified atom stereocenters. The van der Waals surface area contributed by atoms with Crippen LogP contribution in [0, 0.1) is 0 Å². The first kappa shape index (κ1) is 16.5. The molecule has 1 aliphatic heterocycles. The maximum Gasteiger partial charge on any atom is 0.247 e. The maximum absolute atomic E-state index is 12.6. The van der Waals surface area contributed by atoms with Gasteiger partial charge in [-0.2, -0.15) is 0 Å². The van der Waals surface area contributed by atoms with Gasteiger partial charge in [0.15, 0.2) is 0 Å². The number of hydrogen-bond acceptors (Lipinski definition) is 5. The summed E-state index contributed by atoms with van der Waals surface area (Å²) in [6.45, 7) is 0. The van der Waals surface area contributed by atoms with Gasteiger partial charge in [0.05, 0.1) is 16.9 Å². The number of hydrogen-bond donors (Lipinski definition) is 0. The zero-order valence-corrected chi connectivity index (χ0v) is 13.8. The van der Waals surface area contributed by atoms with E-state index in [0.717, 1.165) is 16.7 Å². The predicted molar refractivity (Wildman–Crippen MR) is 89.0 cm³/mol. The molecule has 0 aliphatic carbocycles. The maximum atomic E-state index is 12.6. The smallest absolute Gasteiger partial charge is 0.247 e. The summed E-state index contributed by atoms with van der Waals surface area (Å²) in [6.07, 6.45) is 0.00745. The van der Waals surface area contributed by atoms with Crippen LogP contribution < -0.4 is 10.0 Å². The standard InChI is InChI=1S/C17H12ClNO4S/c18-10-5-7-11(8-6-10)19-15(20)9-14(16(19)21)24-13-4-2-1-3-12(13)17(22)23/h1-8,14H,9H2,(H,22,23)/p-1/t14-/m0/s1. The van der Waals surface area contributed by atoms with Crippen molar-refractivity contribution < 1.29 is 19.5 Å². The summed E-state index contributed by atoms with van der Waals surface area (Å²) in [6, 6.07) is 12.7. The zero-order valence-electron chi connectivity index (χ0n) is 12.3. The first-order chi connectivity index (χ1) is 11.5. The summed E-state index contributed by atoms with van der Waals surface area (Å²) >= 11 is 6.88. The summed E-state index contributed by atoms with van der Waals surface area (Å²) in [5.41, 5.74) is 0.457. The van der Waals surface area contributed by atoms with Crippen molar-refractivity contribution >= 4 is 46.8 Å². The number of thioether (sulfide) groups is 1. The quantitative estimate of drug-likeness (QED) is 0.780. The van der Waals surface area contributed by atoms with Gasteiger partial charge in [0.25, 0.3) is 0 Å². The molecule has 1 atom stereocenters. The highest BCUT2D eigenvalue weighted by Crippen LogP contribution is 2.35. The molecular formula is C17H11ClNO4S-. The van der Waals surface area contributed by atoms with Gasteiger partial charge in [-0.1, -0.05) is 29.8 Å². The molecule has 5 nitrogen and oxygen atoms in total. The first-order valence-corrected chi connectivity index (χ1v) is 8.32. The van der Waals surface area contributed by atoms with Crippen LogP contribution in [0.15, 0.2) is 53.4 Å². The Morgan fingerprint density at radius 2 is 1.79 bits per heavy atom. The number of anilines is 1. The molecule has 1 heterocycles. The lowest BCUT2D eigenvalue weighted by atomic mass is 10.2. The number of carboxylic acids is 1.